The second-order valence-corrected chi connectivity index (χ2v) is 6.71. The summed E-state index contributed by atoms with van der Waals surface area (Å²) in [6.45, 7) is 0.679. The van der Waals surface area contributed by atoms with Crippen LogP contribution in [0.1, 0.15) is 26.5 Å². The second-order valence-electron chi connectivity index (χ2n) is 6.71. The normalized spacial score (nSPS) is 16.0. The van der Waals surface area contributed by atoms with E-state index in [1.807, 2.05) is 54.6 Å². The molecule has 1 aliphatic heterocycles. The molecule has 0 fully saturated rings. The standard InChI is InChI=1S/C21H20N4O3/c26-17-12-23-21(28)19-10-18(24-25(19)13-17)20(27)22-11-14-5-4-8-16(9-14)15-6-2-1-3-7-15/h1-10,17,26H,11-13H2,(H,22,27)(H,23,28). The smallest absolute Gasteiger partial charge is 0.272 e. The van der Waals surface area contributed by atoms with Gasteiger partial charge in [0, 0.05) is 19.2 Å². The largest absolute Gasteiger partial charge is 0.389 e. The highest BCUT2D eigenvalue weighted by Gasteiger charge is 2.24. The van der Waals surface area contributed by atoms with Crippen LogP contribution < -0.4 is 10.6 Å². The SMILES string of the molecule is O=C(NCc1cccc(-c2ccccc2)c1)c1cc2n(n1)CC(O)CNC2=O. The zero-order valence-electron chi connectivity index (χ0n) is 15.1. The van der Waals surface area contributed by atoms with Crippen LogP contribution in [0, 0.1) is 0 Å². The number of aliphatic hydroxyl groups excluding tert-OH is 1. The predicted octanol–water partition coefficient (Wildman–Crippen LogP) is 1.58. The second kappa shape index (κ2) is 7.66. The first kappa shape index (κ1) is 17.9. The number of aliphatic hydroxyl groups is 1. The van der Waals surface area contributed by atoms with Gasteiger partial charge in [0.2, 0.25) is 0 Å². The van der Waals surface area contributed by atoms with Crippen LogP contribution in [0.4, 0.5) is 0 Å². The molecule has 1 aliphatic rings. The zero-order chi connectivity index (χ0) is 19.5. The minimum Gasteiger partial charge on any atom is -0.389 e. The van der Waals surface area contributed by atoms with E-state index in [4.69, 9.17) is 0 Å². The van der Waals surface area contributed by atoms with Crippen molar-refractivity contribution in [2.75, 3.05) is 6.54 Å². The summed E-state index contributed by atoms with van der Waals surface area (Å²) < 4.78 is 1.37. The molecule has 3 aromatic rings. The Labute approximate surface area is 162 Å². The molecule has 1 aromatic heterocycles. The van der Waals surface area contributed by atoms with Crippen LogP contribution >= 0.6 is 0 Å². The molecular weight excluding hydrogens is 356 g/mol. The molecule has 28 heavy (non-hydrogen) atoms. The molecule has 1 atom stereocenters. The van der Waals surface area contributed by atoms with Gasteiger partial charge in [0.25, 0.3) is 11.8 Å². The summed E-state index contributed by atoms with van der Waals surface area (Å²) >= 11 is 0. The van der Waals surface area contributed by atoms with Gasteiger partial charge in [-0.25, -0.2) is 0 Å². The number of carbonyl (C=O) groups excluding carboxylic acids is 2. The molecular formula is C21H20N4O3. The molecule has 3 N–H and O–H groups in total. The summed E-state index contributed by atoms with van der Waals surface area (Å²) in [5, 5.41) is 19.4. The van der Waals surface area contributed by atoms with Crippen molar-refractivity contribution in [3.63, 3.8) is 0 Å². The van der Waals surface area contributed by atoms with Crippen molar-refractivity contribution in [3.8, 4) is 11.1 Å². The van der Waals surface area contributed by atoms with Crippen molar-refractivity contribution in [1.29, 1.82) is 0 Å². The third-order valence-electron chi connectivity index (χ3n) is 4.61. The number of fused-ring (bicyclic) bond motifs is 1. The van der Waals surface area contributed by atoms with Gasteiger partial charge in [0.15, 0.2) is 5.69 Å². The zero-order valence-corrected chi connectivity index (χ0v) is 15.1. The number of nitrogens with one attached hydrogen (secondary N) is 2. The number of aromatic nitrogens is 2. The van der Waals surface area contributed by atoms with E-state index in [1.54, 1.807) is 0 Å². The van der Waals surface area contributed by atoms with Crippen molar-refractivity contribution >= 4 is 11.8 Å². The monoisotopic (exact) mass is 376 g/mol. The lowest BCUT2D eigenvalue weighted by Crippen LogP contribution is -2.30. The topological polar surface area (TPSA) is 96.2 Å². The Morgan fingerprint density at radius 1 is 1.14 bits per heavy atom. The van der Waals surface area contributed by atoms with Gasteiger partial charge in [0.1, 0.15) is 5.69 Å². The summed E-state index contributed by atoms with van der Waals surface area (Å²) in [5.41, 5.74) is 3.57. The molecule has 0 saturated heterocycles. The molecule has 1 unspecified atom stereocenters. The first-order valence-corrected chi connectivity index (χ1v) is 9.07. The molecule has 142 valence electrons. The van der Waals surface area contributed by atoms with Gasteiger partial charge in [-0.3, -0.25) is 14.3 Å². The molecule has 2 heterocycles. The van der Waals surface area contributed by atoms with Crippen LogP contribution in [0.3, 0.4) is 0 Å². The average molecular weight is 376 g/mol. The van der Waals surface area contributed by atoms with Crippen molar-refractivity contribution in [1.82, 2.24) is 20.4 Å². The van der Waals surface area contributed by atoms with E-state index in [0.717, 1.165) is 16.7 Å². The molecule has 2 aromatic carbocycles. The summed E-state index contributed by atoms with van der Waals surface area (Å²) in [6, 6.07) is 19.4. The highest BCUT2D eigenvalue weighted by molar-refractivity contribution is 5.98. The predicted molar refractivity (Wildman–Crippen MR) is 104 cm³/mol. The summed E-state index contributed by atoms with van der Waals surface area (Å²) in [4.78, 5) is 24.5. The van der Waals surface area contributed by atoms with E-state index in [-0.39, 0.29) is 36.3 Å². The van der Waals surface area contributed by atoms with Gasteiger partial charge in [-0.2, -0.15) is 5.10 Å². The van der Waals surface area contributed by atoms with Crippen LogP contribution in [0.15, 0.2) is 60.7 Å². The number of β-amino-alcohol motifs (C(OH)–C–C–N with tert-alkyl or cyclic N) is 1. The number of amides is 2. The van der Waals surface area contributed by atoms with Crippen molar-refractivity contribution in [2.45, 2.75) is 19.2 Å². The van der Waals surface area contributed by atoms with E-state index in [9.17, 15) is 14.7 Å². The Balaban J connectivity index is 1.46. The molecule has 4 rings (SSSR count). The van der Waals surface area contributed by atoms with Gasteiger partial charge in [-0.05, 0) is 22.8 Å². The summed E-state index contributed by atoms with van der Waals surface area (Å²) in [6.07, 6.45) is -0.735. The van der Waals surface area contributed by atoms with E-state index in [0.29, 0.717) is 6.54 Å². The number of hydrogen-bond donors (Lipinski definition) is 3. The van der Waals surface area contributed by atoms with Gasteiger partial charge < -0.3 is 15.7 Å². The summed E-state index contributed by atoms with van der Waals surface area (Å²) in [7, 11) is 0. The fourth-order valence-corrected chi connectivity index (χ4v) is 3.18. The van der Waals surface area contributed by atoms with Gasteiger partial charge in [-0.1, -0.05) is 48.5 Å². The Kier molecular flexibility index (Phi) is 4.90. The van der Waals surface area contributed by atoms with Gasteiger partial charge >= 0.3 is 0 Å². The molecule has 0 spiro atoms. The fraction of sp³-hybridized carbons (Fsp3) is 0.190. The molecule has 0 radical (unpaired) electrons. The van der Waals surface area contributed by atoms with Crippen molar-refractivity contribution < 1.29 is 14.7 Å². The lowest BCUT2D eigenvalue weighted by Gasteiger charge is -2.07. The maximum absolute atomic E-state index is 12.5. The number of carbonyl (C=O) groups is 2. The molecule has 7 nitrogen and oxygen atoms in total. The van der Waals surface area contributed by atoms with Crippen LogP contribution in [-0.4, -0.2) is 39.4 Å². The molecule has 0 saturated carbocycles. The first-order valence-electron chi connectivity index (χ1n) is 9.07. The number of nitrogens with zero attached hydrogens (tertiary/aromatic N) is 2. The molecule has 0 aliphatic carbocycles. The van der Waals surface area contributed by atoms with E-state index in [2.05, 4.69) is 15.7 Å². The first-order chi connectivity index (χ1) is 13.6. The molecule has 7 heteroatoms. The van der Waals surface area contributed by atoms with Gasteiger partial charge in [0.05, 0.1) is 12.6 Å². The Morgan fingerprint density at radius 3 is 2.75 bits per heavy atom. The maximum Gasteiger partial charge on any atom is 0.272 e. The van der Waals surface area contributed by atoms with Crippen LogP contribution in [0.2, 0.25) is 0 Å². The maximum atomic E-state index is 12.5. The van der Waals surface area contributed by atoms with E-state index in [1.165, 1.54) is 10.7 Å². The average Bonchev–Trinajstić information content (AvgIpc) is 3.09. The molecule has 0 bridgehead atoms. The third kappa shape index (κ3) is 3.79. The van der Waals surface area contributed by atoms with Crippen LogP contribution in [0.25, 0.3) is 11.1 Å². The van der Waals surface area contributed by atoms with Crippen LogP contribution in [0.5, 0.6) is 0 Å². The highest BCUT2D eigenvalue weighted by atomic mass is 16.3. The lowest BCUT2D eigenvalue weighted by atomic mass is 10.0. The number of benzene rings is 2. The third-order valence-corrected chi connectivity index (χ3v) is 4.61. The minimum atomic E-state index is -0.735. The van der Waals surface area contributed by atoms with E-state index >= 15 is 0 Å². The number of hydrogen-bond acceptors (Lipinski definition) is 4. The quantitative estimate of drug-likeness (QED) is 0.644. The Hall–Kier alpha value is -3.45. The van der Waals surface area contributed by atoms with Crippen molar-refractivity contribution in [2.24, 2.45) is 0 Å². The summed E-state index contributed by atoms with van der Waals surface area (Å²) in [5.74, 6) is -0.716. The Bertz CT molecular complexity index is 1010. The van der Waals surface area contributed by atoms with Crippen molar-refractivity contribution in [3.05, 3.63) is 77.6 Å². The minimum absolute atomic E-state index is 0.151. The Morgan fingerprint density at radius 2 is 1.93 bits per heavy atom. The molecule has 2 amide bonds. The van der Waals surface area contributed by atoms with E-state index < -0.39 is 6.10 Å². The fourth-order valence-electron chi connectivity index (χ4n) is 3.18. The lowest BCUT2D eigenvalue weighted by molar-refractivity contribution is 0.0931. The number of rotatable bonds is 4. The highest BCUT2D eigenvalue weighted by Crippen LogP contribution is 2.20. The van der Waals surface area contributed by atoms with Gasteiger partial charge in [-0.15, -0.1) is 0 Å². The van der Waals surface area contributed by atoms with Crippen LogP contribution in [-0.2, 0) is 13.1 Å².